The van der Waals surface area contributed by atoms with Gasteiger partial charge in [-0.15, -0.1) is 0 Å². The summed E-state index contributed by atoms with van der Waals surface area (Å²) in [5.41, 5.74) is 1.87. The number of amides is 1. The van der Waals surface area contributed by atoms with Gasteiger partial charge in [-0.2, -0.15) is 0 Å². The van der Waals surface area contributed by atoms with Crippen molar-refractivity contribution in [3.05, 3.63) is 72.0 Å². The Morgan fingerprint density at radius 2 is 2.00 bits per heavy atom. The number of hydrogen-bond acceptors (Lipinski definition) is 3. The summed E-state index contributed by atoms with van der Waals surface area (Å²) in [6.07, 6.45) is 1.24. The van der Waals surface area contributed by atoms with Gasteiger partial charge in [0.2, 0.25) is 5.91 Å². The number of ether oxygens (including phenoxy) is 1. The lowest BCUT2D eigenvalue weighted by Crippen LogP contribution is -2.23. The van der Waals surface area contributed by atoms with Gasteiger partial charge in [0.15, 0.2) is 0 Å². The number of halogens is 1. The fraction of sp³-hybridized carbons (Fsp3) is 0.158. The van der Waals surface area contributed by atoms with Crippen molar-refractivity contribution in [3.63, 3.8) is 0 Å². The van der Waals surface area contributed by atoms with E-state index in [4.69, 9.17) is 16.3 Å². The Labute approximate surface area is 150 Å². The molecule has 0 spiro atoms. The van der Waals surface area contributed by atoms with Crippen LogP contribution in [-0.4, -0.2) is 22.1 Å². The van der Waals surface area contributed by atoms with Gasteiger partial charge < -0.3 is 14.6 Å². The van der Waals surface area contributed by atoms with E-state index in [1.54, 1.807) is 6.07 Å². The zero-order chi connectivity index (χ0) is 17.6. The number of hydrogen-bond donors (Lipinski definition) is 1. The molecule has 3 aromatic rings. The van der Waals surface area contributed by atoms with Crippen LogP contribution in [0.1, 0.15) is 5.82 Å². The molecule has 0 saturated carbocycles. The number of benzene rings is 2. The Morgan fingerprint density at radius 3 is 2.80 bits per heavy atom. The fourth-order valence-corrected chi connectivity index (χ4v) is 2.75. The average molecular weight is 356 g/mol. The Morgan fingerprint density at radius 1 is 1.24 bits per heavy atom. The number of carbonyl (C=O) groups is 1. The van der Waals surface area contributed by atoms with Gasteiger partial charge in [-0.25, -0.2) is 4.98 Å². The van der Waals surface area contributed by atoms with E-state index in [1.807, 2.05) is 47.0 Å². The van der Waals surface area contributed by atoms with Crippen LogP contribution in [-0.2, 0) is 17.9 Å². The predicted molar refractivity (Wildman–Crippen MR) is 98.7 cm³/mol. The molecule has 0 aliphatic heterocycles. The maximum absolute atomic E-state index is 11.4. The summed E-state index contributed by atoms with van der Waals surface area (Å²) >= 11 is 6.11. The third kappa shape index (κ3) is 4.00. The molecule has 0 atom stereocenters. The highest BCUT2D eigenvalue weighted by atomic mass is 35.5. The fourth-order valence-electron chi connectivity index (χ4n) is 2.56. The monoisotopic (exact) mass is 355 g/mol. The number of nitrogens with one attached hydrogen (secondary N) is 1. The molecule has 25 heavy (non-hydrogen) atoms. The molecule has 6 heteroatoms. The first-order valence-corrected chi connectivity index (χ1v) is 8.28. The normalized spacial score (nSPS) is 10.6. The second kappa shape index (κ2) is 7.85. The molecule has 0 saturated heterocycles. The molecule has 0 aliphatic carbocycles. The zero-order valence-electron chi connectivity index (χ0n) is 13.6. The molecule has 0 bridgehead atoms. The molecule has 1 heterocycles. The van der Waals surface area contributed by atoms with E-state index in [1.165, 1.54) is 6.08 Å². The number of fused-ring (bicyclic) bond motifs is 1. The molecule has 2 aromatic carbocycles. The molecule has 0 radical (unpaired) electrons. The van der Waals surface area contributed by atoms with E-state index in [2.05, 4.69) is 16.9 Å². The maximum Gasteiger partial charge on any atom is 0.243 e. The second-order valence-electron chi connectivity index (χ2n) is 5.37. The molecule has 1 amide bonds. The van der Waals surface area contributed by atoms with Gasteiger partial charge in [0.05, 0.1) is 29.1 Å². The number of nitrogens with zero attached hydrogens (tertiary/aromatic N) is 2. The number of aromatic nitrogens is 2. The third-order valence-corrected chi connectivity index (χ3v) is 4.06. The predicted octanol–water partition coefficient (Wildman–Crippen LogP) is 3.57. The number of rotatable bonds is 7. The van der Waals surface area contributed by atoms with Crippen molar-refractivity contribution in [2.45, 2.75) is 13.1 Å². The summed E-state index contributed by atoms with van der Waals surface area (Å²) in [5, 5.41) is 3.35. The van der Waals surface area contributed by atoms with E-state index in [-0.39, 0.29) is 5.91 Å². The molecule has 0 aliphatic rings. The summed E-state index contributed by atoms with van der Waals surface area (Å²) in [5.74, 6) is 1.18. The van der Waals surface area contributed by atoms with Crippen LogP contribution in [0.3, 0.4) is 0 Å². The van der Waals surface area contributed by atoms with Gasteiger partial charge >= 0.3 is 0 Å². The topological polar surface area (TPSA) is 56.2 Å². The van der Waals surface area contributed by atoms with E-state index in [0.29, 0.717) is 30.5 Å². The minimum atomic E-state index is -0.231. The van der Waals surface area contributed by atoms with Crippen molar-refractivity contribution in [1.82, 2.24) is 14.9 Å². The van der Waals surface area contributed by atoms with Gasteiger partial charge in [-0.3, -0.25) is 4.79 Å². The second-order valence-corrected chi connectivity index (χ2v) is 5.78. The van der Waals surface area contributed by atoms with Crippen LogP contribution in [0.4, 0.5) is 0 Å². The van der Waals surface area contributed by atoms with Gasteiger partial charge in [0, 0.05) is 0 Å². The summed E-state index contributed by atoms with van der Waals surface area (Å²) in [7, 11) is 0. The highest BCUT2D eigenvalue weighted by Gasteiger charge is 2.11. The standard InChI is InChI=1S/C19H18ClN3O2/c1-2-19(24)21-13-18-22-15-8-4-5-9-16(15)23(18)11-12-25-17-10-6-3-7-14(17)20/h2-10H,1,11-13H2,(H,21,24). The Hall–Kier alpha value is -2.79. The number of para-hydroxylation sites is 3. The van der Waals surface area contributed by atoms with Gasteiger partial charge in [-0.1, -0.05) is 42.4 Å². The lowest BCUT2D eigenvalue weighted by atomic mass is 10.3. The van der Waals surface area contributed by atoms with Crippen LogP contribution >= 0.6 is 11.6 Å². The lowest BCUT2D eigenvalue weighted by Gasteiger charge is -2.12. The van der Waals surface area contributed by atoms with Crippen LogP contribution in [0.25, 0.3) is 11.0 Å². The third-order valence-electron chi connectivity index (χ3n) is 3.75. The first-order valence-electron chi connectivity index (χ1n) is 7.91. The Kier molecular flexibility index (Phi) is 5.36. The van der Waals surface area contributed by atoms with Gasteiger partial charge in [0.25, 0.3) is 0 Å². The largest absolute Gasteiger partial charge is 0.490 e. The van der Waals surface area contributed by atoms with E-state index in [9.17, 15) is 4.79 Å². The van der Waals surface area contributed by atoms with Crippen molar-refractivity contribution >= 4 is 28.5 Å². The summed E-state index contributed by atoms with van der Waals surface area (Å²) in [6.45, 7) is 4.81. The minimum absolute atomic E-state index is 0.231. The minimum Gasteiger partial charge on any atom is -0.490 e. The first-order chi connectivity index (χ1) is 12.2. The Balaban J connectivity index is 1.77. The number of imidazole rings is 1. The average Bonchev–Trinajstić information content (AvgIpc) is 2.99. The molecular weight excluding hydrogens is 338 g/mol. The van der Waals surface area contributed by atoms with Crippen molar-refractivity contribution < 1.29 is 9.53 Å². The first kappa shape index (κ1) is 17.0. The van der Waals surface area contributed by atoms with Gasteiger partial charge in [-0.05, 0) is 30.3 Å². The van der Waals surface area contributed by atoms with Crippen molar-refractivity contribution in [2.24, 2.45) is 0 Å². The molecule has 3 rings (SSSR count). The quantitative estimate of drug-likeness (QED) is 0.659. The lowest BCUT2D eigenvalue weighted by molar-refractivity contribution is -0.116. The molecule has 0 fully saturated rings. The summed E-state index contributed by atoms with van der Waals surface area (Å²) < 4.78 is 7.81. The highest BCUT2D eigenvalue weighted by Crippen LogP contribution is 2.23. The SMILES string of the molecule is C=CC(=O)NCc1nc2ccccc2n1CCOc1ccccc1Cl. The number of carbonyl (C=O) groups excluding carboxylic acids is 1. The van der Waals surface area contributed by atoms with Crippen LogP contribution in [0.2, 0.25) is 5.02 Å². The van der Waals surface area contributed by atoms with Crippen LogP contribution in [0.5, 0.6) is 5.75 Å². The Bertz CT molecular complexity index is 905. The smallest absolute Gasteiger partial charge is 0.243 e. The van der Waals surface area contributed by atoms with Crippen LogP contribution < -0.4 is 10.1 Å². The molecule has 5 nitrogen and oxygen atoms in total. The van der Waals surface area contributed by atoms with Crippen LogP contribution in [0, 0.1) is 0 Å². The van der Waals surface area contributed by atoms with Crippen molar-refractivity contribution in [1.29, 1.82) is 0 Å². The maximum atomic E-state index is 11.4. The summed E-state index contributed by atoms with van der Waals surface area (Å²) in [6, 6.07) is 15.2. The zero-order valence-corrected chi connectivity index (χ0v) is 14.4. The molecule has 1 aromatic heterocycles. The highest BCUT2D eigenvalue weighted by molar-refractivity contribution is 6.32. The molecular formula is C19H18ClN3O2. The van der Waals surface area contributed by atoms with Crippen molar-refractivity contribution in [2.75, 3.05) is 6.61 Å². The van der Waals surface area contributed by atoms with E-state index in [0.717, 1.165) is 16.9 Å². The molecule has 0 unspecified atom stereocenters. The van der Waals surface area contributed by atoms with Crippen molar-refractivity contribution in [3.8, 4) is 5.75 Å². The van der Waals surface area contributed by atoms with Crippen LogP contribution in [0.15, 0.2) is 61.2 Å². The van der Waals surface area contributed by atoms with E-state index < -0.39 is 0 Å². The summed E-state index contributed by atoms with van der Waals surface area (Å²) in [4.78, 5) is 16.0. The van der Waals surface area contributed by atoms with E-state index >= 15 is 0 Å². The molecule has 128 valence electrons. The van der Waals surface area contributed by atoms with Gasteiger partial charge in [0.1, 0.15) is 18.2 Å². The molecule has 1 N–H and O–H groups in total.